The van der Waals surface area contributed by atoms with Crippen molar-refractivity contribution in [3.05, 3.63) is 75.7 Å². The Morgan fingerprint density at radius 1 is 0.975 bits per heavy atom. The summed E-state index contributed by atoms with van der Waals surface area (Å²) in [6.45, 7) is 6.30. The van der Waals surface area contributed by atoms with Crippen LogP contribution in [0, 0.1) is 10.3 Å². The third-order valence-electron chi connectivity index (χ3n) is 7.14. The number of rotatable bonds is 15. The number of hydrogen-bond acceptors (Lipinski definition) is 9. The van der Waals surface area contributed by atoms with Crippen molar-refractivity contribution in [1.82, 2.24) is 5.06 Å². The lowest BCUT2D eigenvalue weighted by Gasteiger charge is -2.31. The van der Waals surface area contributed by atoms with Crippen LogP contribution in [0.5, 0.6) is 0 Å². The molecule has 0 aliphatic carbocycles. The molecule has 0 saturated heterocycles. The molecule has 1 atom stereocenters. The Balaban J connectivity index is 1.82. The molecule has 9 nitrogen and oxygen atoms in total. The van der Waals surface area contributed by atoms with Crippen molar-refractivity contribution in [3.63, 3.8) is 0 Å². The fraction of sp³-hybridized carbons (Fsp3) is 0.467. The number of benzene rings is 2. The van der Waals surface area contributed by atoms with Crippen LogP contribution in [0.25, 0.3) is 0 Å². The summed E-state index contributed by atoms with van der Waals surface area (Å²) in [4.78, 5) is 67.2. The quantitative estimate of drug-likeness (QED) is 0.120. The van der Waals surface area contributed by atoms with Gasteiger partial charge in [0.2, 0.25) is 0 Å². The van der Waals surface area contributed by atoms with Crippen LogP contribution >= 0.6 is 11.8 Å². The highest BCUT2D eigenvalue weighted by atomic mass is 32.2. The topological polar surface area (TPSA) is 119 Å². The van der Waals surface area contributed by atoms with Crippen molar-refractivity contribution in [3.8, 4) is 0 Å². The number of esters is 1. The number of amides is 2. The van der Waals surface area contributed by atoms with Crippen LogP contribution in [-0.2, 0) is 31.0 Å². The molecule has 1 unspecified atom stereocenters. The Morgan fingerprint density at radius 3 is 2.27 bits per heavy atom. The normalized spacial score (nSPS) is 14.4. The van der Waals surface area contributed by atoms with Crippen LogP contribution in [0.3, 0.4) is 0 Å². The highest BCUT2D eigenvalue weighted by molar-refractivity contribution is 7.99. The number of aryl methyl sites for hydroxylation is 1. The number of nitrogens with zero attached hydrogens (tertiary/aromatic N) is 2. The van der Waals surface area contributed by atoms with Crippen LogP contribution in [0.2, 0.25) is 0 Å². The van der Waals surface area contributed by atoms with Crippen LogP contribution in [0.1, 0.15) is 78.3 Å². The van der Waals surface area contributed by atoms with E-state index in [1.165, 1.54) is 19.2 Å². The highest BCUT2D eigenvalue weighted by Gasteiger charge is 2.44. The zero-order valence-corrected chi connectivity index (χ0v) is 24.3. The lowest BCUT2D eigenvalue weighted by atomic mass is 9.76. The van der Waals surface area contributed by atoms with Crippen LogP contribution in [0.4, 0.5) is 0 Å². The predicted octanol–water partition coefficient (Wildman–Crippen LogP) is 5.50. The summed E-state index contributed by atoms with van der Waals surface area (Å²) in [5.41, 5.74) is 0.667. The van der Waals surface area contributed by atoms with E-state index in [-0.39, 0.29) is 35.5 Å². The van der Waals surface area contributed by atoms with Gasteiger partial charge in [0.05, 0.1) is 30.2 Å². The van der Waals surface area contributed by atoms with Gasteiger partial charge in [-0.3, -0.25) is 14.4 Å². The van der Waals surface area contributed by atoms with Crippen molar-refractivity contribution in [2.75, 3.05) is 25.2 Å². The average Bonchev–Trinajstić information content (AvgIpc) is 3.18. The van der Waals surface area contributed by atoms with Crippen molar-refractivity contribution >= 4 is 35.5 Å². The first-order chi connectivity index (χ1) is 19.0. The fourth-order valence-electron chi connectivity index (χ4n) is 4.66. The second kappa shape index (κ2) is 13.7. The van der Waals surface area contributed by atoms with E-state index >= 15 is 0 Å². The van der Waals surface area contributed by atoms with Crippen molar-refractivity contribution in [2.24, 2.45) is 10.6 Å². The number of hydrogen-bond donors (Lipinski definition) is 0. The smallest absolute Gasteiger partial charge is 0.343 e. The number of ether oxygens (including phenoxy) is 1. The van der Waals surface area contributed by atoms with Crippen LogP contribution in [-0.4, -0.2) is 54.0 Å². The first-order valence-corrected chi connectivity index (χ1v) is 14.4. The van der Waals surface area contributed by atoms with Gasteiger partial charge >= 0.3 is 11.9 Å². The summed E-state index contributed by atoms with van der Waals surface area (Å²) in [5.74, 6) is -0.895. The van der Waals surface area contributed by atoms with Gasteiger partial charge in [0.15, 0.2) is 0 Å². The van der Waals surface area contributed by atoms with Gasteiger partial charge < -0.3 is 9.57 Å². The fourth-order valence-corrected chi connectivity index (χ4v) is 5.70. The lowest BCUT2D eigenvalue weighted by molar-refractivity contribution is -0.175. The van der Waals surface area contributed by atoms with Gasteiger partial charge in [0.1, 0.15) is 0 Å². The maximum atomic E-state index is 13.8. The van der Waals surface area contributed by atoms with E-state index in [0.717, 1.165) is 17.7 Å². The van der Waals surface area contributed by atoms with Gasteiger partial charge in [-0.25, -0.2) is 4.79 Å². The molecule has 1 aliphatic heterocycles. The minimum Gasteiger partial charge on any atom is -0.469 e. The number of carbonyl (C=O) groups is 4. The first kappa shape index (κ1) is 31.0. The number of carbonyl (C=O) groups excluding carboxylic acids is 4. The minimum absolute atomic E-state index is 0.0523. The molecule has 0 spiro atoms. The largest absolute Gasteiger partial charge is 0.469 e. The zero-order valence-electron chi connectivity index (χ0n) is 23.4. The molecule has 2 amide bonds. The molecule has 2 aromatic rings. The third-order valence-corrected chi connectivity index (χ3v) is 8.60. The van der Waals surface area contributed by atoms with E-state index in [9.17, 15) is 24.1 Å². The van der Waals surface area contributed by atoms with E-state index in [1.807, 2.05) is 24.3 Å². The molecule has 10 heteroatoms. The number of fused-ring (bicyclic) bond motifs is 1. The molecular formula is C30H36N2O7S. The Hall–Kier alpha value is -3.53. The van der Waals surface area contributed by atoms with Crippen molar-refractivity contribution in [2.45, 2.75) is 58.3 Å². The van der Waals surface area contributed by atoms with E-state index in [1.54, 1.807) is 30.8 Å². The summed E-state index contributed by atoms with van der Waals surface area (Å²) >= 11 is 1.67. The van der Waals surface area contributed by atoms with Crippen molar-refractivity contribution < 1.29 is 28.8 Å². The highest BCUT2D eigenvalue weighted by Crippen LogP contribution is 2.36. The molecular weight excluding hydrogens is 532 g/mol. The standard InChI is InChI=1S/C30H36N2O7S/c1-29(2,20-40-18-17-31-37)15-8-16-30(3,22-10-7-9-21(19-22)13-14-25(33)38-4)28(36)39-32-26(34)23-11-5-6-12-24(23)27(32)35/h5-7,9-12,19H,8,13-18,20H2,1-4H3. The Morgan fingerprint density at radius 2 is 1.65 bits per heavy atom. The number of imide groups is 1. The molecule has 40 heavy (non-hydrogen) atoms. The van der Waals surface area contributed by atoms with Crippen molar-refractivity contribution in [1.29, 1.82) is 0 Å². The average molecular weight is 569 g/mol. The van der Waals surface area contributed by atoms with Gasteiger partial charge in [-0.05, 0) is 60.6 Å². The van der Waals surface area contributed by atoms with Gasteiger partial charge in [-0.2, -0.15) is 16.7 Å². The Labute approximate surface area is 238 Å². The third kappa shape index (κ3) is 7.56. The van der Waals surface area contributed by atoms with Gasteiger partial charge in [-0.1, -0.05) is 66.9 Å². The molecule has 0 radical (unpaired) electrons. The van der Waals surface area contributed by atoms with E-state index < -0.39 is 23.2 Å². The molecule has 214 valence electrons. The Bertz CT molecular complexity index is 1230. The number of nitroso groups, excluding NO2 is 1. The van der Waals surface area contributed by atoms with E-state index in [2.05, 4.69) is 19.0 Å². The van der Waals surface area contributed by atoms with Gasteiger partial charge in [0, 0.05) is 12.2 Å². The van der Waals surface area contributed by atoms with Crippen LogP contribution < -0.4 is 0 Å². The maximum absolute atomic E-state index is 13.8. The second-order valence-corrected chi connectivity index (χ2v) is 12.0. The first-order valence-electron chi connectivity index (χ1n) is 13.3. The SMILES string of the molecule is COC(=O)CCc1cccc(C(C)(CCCC(C)(C)CSCCN=O)C(=O)ON2C(=O)c3ccccc3C2=O)c1. The lowest BCUT2D eigenvalue weighted by Crippen LogP contribution is -2.42. The van der Waals surface area contributed by atoms with Crippen LogP contribution in [0.15, 0.2) is 53.7 Å². The molecule has 1 heterocycles. The summed E-state index contributed by atoms with van der Waals surface area (Å²) in [6, 6.07) is 13.7. The molecule has 3 rings (SSSR count). The second-order valence-electron chi connectivity index (χ2n) is 10.9. The molecule has 0 aromatic heterocycles. The molecule has 0 fully saturated rings. The summed E-state index contributed by atoms with van der Waals surface area (Å²) < 4.78 is 4.75. The Kier molecular flexibility index (Phi) is 10.6. The molecule has 0 N–H and O–H groups in total. The minimum atomic E-state index is -1.18. The molecule has 0 bridgehead atoms. The van der Waals surface area contributed by atoms with Gasteiger partial charge in [-0.15, -0.1) is 0 Å². The van der Waals surface area contributed by atoms with E-state index in [0.29, 0.717) is 35.6 Å². The maximum Gasteiger partial charge on any atom is 0.343 e. The summed E-state index contributed by atoms with van der Waals surface area (Å²) in [5, 5.41) is 3.45. The number of methoxy groups -OCH3 is 1. The predicted molar refractivity (Wildman–Crippen MR) is 153 cm³/mol. The van der Waals surface area contributed by atoms with Gasteiger partial charge in [0.25, 0.3) is 11.8 Å². The molecule has 2 aromatic carbocycles. The monoisotopic (exact) mass is 568 g/mol. The molecule has 0 saturated carbocycles. The summed E-state index contributed by atoms with van der Waals surface area (Å²) in [7, 11) is 1.34. The molecule has 1 aliphatic rings. The van der Waals surface area contributed by atoms with E-state index in [4.69, 9.17) is 9.57 Å². The summed E-state index contributed by atoms with van der Waals surface area (Å²) in [6.07, 6.45) is 2.50. The number of hydroxylamine groups is 2. The zero-order chi connectivity index (χ0) is 29.3. The number of thioether (sulfide) groups is 1.